The molecule has 0 saturated heterocycles. The molecule has 2 aromatic heterocycles. The van der Waals surface area contributed by atoms with Gasteiger partial charge in [0.05, 0.1) is 29.0 Å². The Kier molecular flexibility index (Phi) is 3.19. The summed E-state index contributed by atoms with van der Waals surface area (Å²) in [5.41, 5.74) is 4.64. The first-order chi connectivity index (χ1) is 12.5. The van der Waals surface area contributed by atoms with E-state index in [1.54, 1.807) is 4.57 Å². The number of carbonyl (C=O) groups excluding carboxylic acids is 1. The number of esters is 1. The van der Waals surface area contributed by atoms with Gasteiger partial charge >= 0.3 is 5.97 Å². The van der Waals surface area contributed by atoms with E-state index in [4.69, 9.17) is 9.72 Å². The highest BCUT2D eigenvalue weighted by Gasteiger charge is 2.44. The molecule has 26 heavy (non-hydrogen) atoms. The van der Waals surface area contributed by atoms with E-state index >= 15 is 0 Å². The van der Waals surface area contributed by atoms with E-state index in [0.29, 0.717) is 24.1 Å². The van der Waals surface area contributed by atoms with E-state index < -0.39 is 4.32 Å². The van der Waals surface area contributed by atoms with Gasteiger partial charge in [0.1, 0.15) is 10.9 Å². The summed E-state index contributed by atoms with van der Waals surface area (Å²) in [6.45, 7) is 2.41. The minimum Gasteiger partial charge on any atom is -0.459 e. The predicted molar refractivity (Wildman–Crippen MR) is 101 cm³/mol. The molecule has 0 N–H and O–H groups in total. The van der Waals surface area contributed by atoms with Crippen LogP contribution < -0.4 is 5.56 Å². The number of nitrogens with zero attached hydrogens (tertiary/aromatic N) is 2. The maximum absolute atomic E-state index is 13.1. The summed E-state index contributed by atoms with van der Waals surface area (Å²) in [6, 6.07) is 11.9. The monoisotopic (exact) mass is 410 g/mol. The van der Waals surface area contributed by atoms with Gasteiger partial charge in [-0.3, -0.25) is 9.59 Å². The molecule has 1 atom stereocenters. The van der Waals surface area contributed by atoms with Crippen LogP contribution in [0.15, 0.2) is 41.2 Å². The van der Waals surface area contributed by atoms with Crippen molar-refractivity contribution in [2.24, 2.45) is 0 Å². The van der Waals surface area contributed by atoms with Gasteiger partial charge < -0.3 is 9.30 Å². The number of carbonyl (C=O) groups is 1. The Labute approximate surface area is 157 Å². The minimum absolute atomic E-state index is 0.0202. The topological polar surface area (TPSA) is 61.2 Å². The number of aromatic nitrogens is 2. The van der Waals surface area contributed by atoms with Crippen molar-refractivity contribution in [3.05, 3.63) is 63.4 Å². The second-order valence-electron chi connectivity index (χ2n) is 6.73. The highest BCUT2D eigenvalue weighted by molar-refractivity contribution is 9.10. The summed E-state index contributed by atoms with van der Waals surface area (Å²) in [7, 11) is 0. The first-order valence-corrected chi connectivity index (χ1v) is 9.34. The average molecular weight is 411 g/mol. The van der Waals surface area contributed by atoms with Crippen molar-refractivity contribution >= 4 is 32.8 Å². The summed E-state index contributed by atoms with van der Waals surface area (Å²) < 4.78 is 6.03. The molecule has 0 aliphatic carbocycles. The second-order valence-corrected chi connectivity index (χ2v) is 8.09. The molecule has 0 bridgehead atoms. The summed E-state index contributed by atoms with van der Waals surface area (Å²) in [5, 5.41) is 1.05. The quantitative estimate of drug-likeness (QED) is 0.356. The van der Waals surface area contributed by atoms with E-state index in [1.807, 2.05) is 37.3 Å². The van der Waals surface area contributed by atoms with E-state index in [-0.39, 0.29) is 18.1 Å². The molecule has 0 spiro atoms. The highest BCUT2D eigenvalue weighted by Crippen LogP contribution is 2.43. The third-order valence-corrected chi connectivity index (χ3v) is 6.67. The van der Waals surface area contributed by atoms with Crippen LogP contribution in [0, 0.1) is 0 Å². The van der Waals surface area contributed by atoms with Crippen molar-refractivity contribution < 1.29 is 9.53 Å². The van der Waals surface area contributed by atoms with Gasteiger partial charge in [-0.2, -0.15) is 0 Å². The summed E-state index contributed by atoms with van der Waals surface area (Å²) in [4.78, 5) is 30.2. The van der Waals surface area contributed by atoms with Crippen LogP contribution in [0.2, 0.25) is 0 Å². The molecular formula is C20H15BrN2O3. The van der Waals surface area contributed by atoms with Crippen LogP contribution in [-0.4, -0.2) is 15.5 Å². The molecule has 130 valence electrons. The number of halogens is 1. The number of hydrogen-bond acceptors (Lipinski definition) is 4. The lowest BCUT2D eigenvalue weighted by atomic mass is 9.90. The Morgan fingerprint density at radius 3 is 2.88 bits per heavy atom. The van der Waals surface area contributed by atoms with Crippen LogP contribution in [0.25, 0.3) is 22.3 Å². The van der Waals surface area contributed by atoms with Crippen LogP contribution in [0.3, 0.4) is 0 Å². The van der Waals surface area contributed by atoms with Crippen LogP contribution in [0.4, 0.5) is 0 Å². The Balaban J connectivity index is 1.81. The third-order valence-electron chi connectivity index (χ3n) is 5.36. The van der Waals surface area contributed by atoms with Crippen LogP contribution >= 0.6 is 15.9 Å². The first-order valence-electron chi connectivity index (χ1n) is 8.55. The van der Waals surface area contributed by atoms with Gasteiger partial charge in [0.15, 0.2) is 0 Å². The lowest BCUT2D eigenvalue weighted by Crippen LogP contribution is -2.40. The summed E-state index contributed by atoms with van der Waals surface area (Å²) >= 11 is 3.54. The van der Waals surface area contributed by atoms with Gasteiger partial charge in [0.2, 0.25) is 0 Å². The number of pyridine rings is 2. The maximum atomic E-state index is 13.1. The van der Waals surface area contributed by atoms with E-state index in [2.05, 4.69) is 22.0 Å². The molecule has 0 saturated carbocycles. The standard InChI is InChI=1S/C20H15BrN2O3/c1-2-20(21)14-8-16-17-12(7-11-5-3-4-6-15(11)22-17)9-23(16)18(24)13(14)10-26-19(20)25/h3-8H,2,9-10H2,1H3/t20-/m0/s1. The van der Waals surface area contributed by atoms with Gasteiger partial charge in [0, 0.05) is 10.9 Å². The molecule has 0 unspecified atom stereocenters. The zero-order chi connectivity index (χ0) is 18.1. The molecule has 2 aliphatic heterocycles. The molecule has 0 amide bonds. The molecule has 3 aromatic rings. The van der Waals surface area contributed by atoms with Crippen molar-refractivity contribution in [2.45, 2.75) is 30.8 Å². The fraction of sp³-hybridized carbons (Fsp3) is 0.250. The molecule has 5 rings (SSSR count). The number of cyclic esters (lactones) is 1. The van der Waals surface area contributed by atoms with Crippen molar-refractivity contribution in [1.29, 1.82) is 0 Å². The van der Waals surface area contributed by atoms with Crippen molar-refractivity contribution in [3.63, 3.8) is 0 Å². The predicted octanol–water partition coefficient (Wildman–Crippen LogP) is 3.48. The number of para-hydroxylation sites is 1. The zero-order valence-electron chi connectivity index (χ0n) is 14.1. The Hall–Kier alpha value is -2.47. The van der Waals surface area contributed by atoms with Gasteiger partial charge in [0.25, 0.3) is 5.56 Å². The molecule has 0 radical (unpaired) electrons. The molecule has 4 heterocycles. The number of ether oxygens (including phenoxy) is 1. The molecule has 1 aromatic carbocycles. The first kappa shape index (κ1) is 15.8. The summed E-state index contributed by atoms with van der Waals surface area (Å²) in [5.74, 6) is -0.346. The zero-order valence-corrected chi connectivity index (χ0v) is 15.7. The van der Waals surface area contributed by atoms with Gasteiger partial charge in [-0.15, -0.1) is 0 Å². The van der Waals surface area contributed by atoms with Gasteiger partial charge in [-0.05, 0) is 30.2 Å². The molecule has 0 fully saturated rings. The molecular weight excluding hydrogens is 396 g/mol. The smallest absolute Gasteiger partial charge is 0.327 e. The number of fused-ring (bicyclic) bond motifs is 5. The molecule has 6 heteroatoms. The van der Waals surface area contributed by atoms with Crippen molar-refractivity contribution in [3.8, 4) is 11.4 Å². The minimum atomic E-state index is -0.977. The normalized spacial score (nSPS) is 20.5. The van der Waals surface area contributed by atoms with Gasteiger partial charge in [-0.25, -0.2) is 4.98 Å². The van der Waals surface area contributed by atoms with Crippen LogP contribution in [0.1, 0.15) is 30.0 Å². The van der Waals surface area contributed by atoms with Gasteiger partial charge in [-0.1, -0.05) is 41.1 Å². The van der Waals surface area contributed by atoms with Crippen molar-refractivity contribution in [1.82, 2.24) is 9.55 Å². The SMILES string of the molecule is CC[C@@]1(Br)C(=O)OCc2c1cc1n(c2=O)Cc2cc3ccccc3nc2-1. The Bertz CT molecular complexity index is 1170. The highest BCUT2D eigenvalue weighted by atomic mass is 79.9. The lowest BCUT2D eigenvalue weighted by molar-refractivity contribution is -0.149. The number of benzene rings is 1. The number of rotatable bonds is 1. The van der Waals surface area contributed by atoms with E-state index in [0.717, 1.165) is 27.9 Å². The second kappa shape index (κ2) is 5.27. The third kappa shape index (κ3) is 1.93. The summed E-state index contributed by atoms with van der Waals surface area (Å²) in [6.07, 6.45) is 0.500. The molecule has 2 aliphatic rings. The average Bonchev–Trinajstić information content (AvgIpc) is 3.01. The largest absolute Gasteiger partial charge is 0.459 e. The van der Waals surface area contributed by atoms with Crippen molar-refractivity contribution in [2.75, 3.05) is 0 Å². The fourth-order valence-corrected chi connectivity index (χ4v) is 4.37. The fourth-order valence-electron chi connectivity index (χ4n) is 3.90. The molecule has 5 nitrogen and oxygen atoms in total. The van der Waals surface area contributed by atoms with Crippen LogP contribution in [0.5, 0.6) is 0 Å². The Morgan fingerprint density at radius 2 is 2.08 bits per heavy atom. The van der Waals surface area contributed by atoms with E-state index in [9.17, 15) is 9.59 Å². The maximum Gasteiger partial charge on any atom is 0.327 e. The number of alkyl halides is 1. The Morgan fingerprint density at radius 1 is 1.27 bits per heavy atom. The van der Waals surface area contributed by atoms with Crippen LogP contribution in [-0.2, 0) is 27.0 Å². The van der Waals surface area contributed by atoms with E-state index in [1.165, 1.54) is 0 Å². The number of hydrogen-bond donors (Lipinski definition) is 0. The lowest BCUT2D eigenvalue weighted by Gasteiger charge is -2.31.